The van der Waals surface area contributed by atoms with Crippen molar-refractivity contribution in [1.29, 1.82) is 0 Å². The van der Waals surface area contributed by atoms with E-state index in [0.717, 1.165) is 6.04 Å². The molecule has 0 aliphatic rings. The zero-order valence-corrected chi connectivity index (χ0v) is 15.2. The number of hydrogen-bond donors (Lipinski definition) is 0. The molecule has 0 aliphatic carbocycles. The molecule has 0 fully saturated rings. The van der Waals surface area contributed by atoms with Gasteiger partial charge in [-0.3, -0.25) is 0 Å². The fourth-order valence-electron chi connectivity index (χ4n) is 1.90. The van der Waals surface area contributed by atoms with Gasteiger partial charge in [0.05, 0.1) is 6.61 Å². The summed E-state index contributed by atoms with van der Waals surface area (Å²) in [5, 5.41) is 0. The van der Waals surface area contributed by atoms with Crippen LogP contribution < -0.4 is 0 Å². The van der Waals surface area contributed by atoms with Gasteiger partial charge in [-0.2, -0.15) is 0 Å². The van der Waals surface area contributed by atoms with Crippen molar-refractivity contribution >= 4 is 16.4 Å². The standard InChI is InChI=1S/C16H28OSi2/c1-7-15-18(5,6)17-14-12-11-13-16-19(8-2,9-3)10-4/h7H,1,8-10,14-15H2,2-6H3. The molecule has 0 heterocycles. The molecule has 0 N–H and O–H groups in total. The van der Waals surface area contributed by atoms with Crippen molar-refractivity contribution in [3.8, 4) is 23.3 Å². The van der Waals surface area contributed by atoms with Gasteiger partial charge in [0, 0.05) is 0 Å². The normalized spacial score (nSPS) is 11.0. The Morgan fingerprint density at radius 1 is 1.05 bits per heavy atom. The van der Waals surface area contributed by atoms with Crippen molar-refractivity contribution in [1.82, 2.24) is 0 Å². The molecule has 0 rings (SSSR count). The fourth-order valence-corrected chi connectivity index (χ4v) is 5.53. The van der Waals surface area contributed by atoms with Crippen molar-refractivity contribution in [3.63, 3.8) is 0 Å². The van der Waals surface area contributed by atoms with Crippen LogP contribution in [0.2, 0.25) is 37.3 Å². The number of hydrogen-bond acceptors (Lipinski definition) is 1. The molecule has 3 heteroatoms. The first-order chi connectivity index (χ1) is 8.95. The van der Waals surface area contributed by atoms with Crippen molar-refractivity contribution in [2.24, 2.45) is 0 Å². The molecular weight excluding hydrogens is 264 g/mol. The fraction of sp³-hybridized carbons (Fsp3) is 0.625. The molecule has 1 nitrogen and oxygen atoms in total. The van der Waals surface area contributed by atoms with Crippen molar-refractivity contribution < 1.29 is 4.43 Å². The van der Waals surface area contributed by atoms with Crippen LogP contribution in [0.3, 0.4) is 0 Å². The molecule has 0 bridgehead atoms. The van der Waals surface area contributed by atoms with E-state index in [1.807, 2.05) is 6.08 Å². The van der Waals surface area contributed by atoms with Gasteiger partial charge in [-0.1, -0.05) is 32.8 Å². The van der Waals surface area contributed by atoms with E-state index in [2.05, 4.69) is 63.7 Å². The molecule has 0 aliphatic heterocycles. The van der Waals surface area contributed by atoms with Crippen LogP contribution in [0.25, 0.3) is 0 Å². The number of allylic oxidation sites excluding steroid dienone is 1. The highest BCUT2D eigenvalue weighted by Crippen LogP contribution is 2.18. The van der Waals surface area contributed by atoms with Gasteiger partial charge in [-0.25, -0.2) is 0 Å². The highest BCUT2D eigenvalue weighted by molar-refractivity contribution is 6.87. The first-order valence-corrected chi connectivity index (χ1v) is 12.9. The third kappa shape index (κ3) is 7.42. The molecule has 0 aromatic heterocycles. The molecule has 106 valence electrons. The van der Waals surface area contributed by atoms with Gasteiger partial charge < -0.3 is 4.43 Å². The third-order valence-electron chi connectivity index (χ3n) is 3.68. The van der Waals surface area contributed by atoms with E-state index in [-0.39, 0.29) is 0 Å². The summed E-state index contributed by atoms with van der Waals surface area (Å²) in [6.45, 7) is 15.4. The number of rotatable bonds is 7. The first kappa shape index (κ1) is 18.3. The predicted octanol–water partition coefficient (Wildman–Crippen LogP) is 4.45. The second-order valence-corrected chi connectivity index (χ2v) is 14.6. The van der Waals surface area contributed by atoms with Gasteiger partial charge >= 0.3 is 0 Å². The molecule has 0 unspecified atom stereocenters. The summed E-state index contributed by atoms with van der Waals surface area (Å²) in [5.74, 6) is 9.04. The van der Waals surface area contributed by atoms with E-state index in [1.165, 1.54) is 18.1 Å². The van der Waals surface area contributed by atoms with E-state index in [1.54, 1.807) is 0 Å². The summed E-state index contributed by atoms with van der Waals surface area (Å²) in [4.78, 5) is 0. The van der Waals surface area contributed by atoms with Crippen LogP contribution in [0.4, 0.5) is 0 Å². The van der Waals surface area contributed by atoms with E-state index in [4.69, 9.17) is 4.43 Å². The Balaban J connectivity index is 4.37. The van der Waals surface area contributed by atoms with Crippen molar-refractivity contribution in [2.75, 3.05) is 6.61 Å². The van der Waals surface area contributed by atoms with Crippen LogP contribution in [0.5, 0.6) is 0 Å². The topological polar surface area (TPSA) is 9.23 Å². The molecule has 0 radical (unpaired) electrons. The maximum Gasteiger partial charge on any atom is 0.191 e. The summed E-state index contributed by atoms with van der Waals surface area (Å²) >= 11 is 0. The van der Waals surface area contributed by atoms with Gasteiger partial charge in [0.2, 0.25) is 0 Å². The summed E-state index contributed by atoms with van der Waals surface area (Å²) < 4.78 is 5.82. The van der Waals surface area contributed by atoms with Crippen molar-refractivity contribution in [2.45, 2.75) is 58.0 Å². The van der Waals surface area contributed by atoms with Gasteiger partial charge in [0.15, 0.2) is 8.32 Å². The lowest BCUT2D eigenvalue weighted by Crippen LogP contribution is -2.29. The Bertz CT molecular complexity index is 378. The largest absolute Gasteiger partial charge is 0.406 e. The first-order valence-electron chi connectivity index (χ1n) is 7.20. The Kier molecular flexibility index (Phi) is 8.84. The highest BCUT2D eigenvalue weighted by Gasteiger charge is 2.24. The Morgan fingerprint density at radius 2 is 1.63 bits per heavy atom. The molecule has 0 spiro atoms. The molecule has 0 aromatic carbocycles. The lowest BCUT2D eigenvalue weighted by Gasteiger charge is -2.19. The minimum Gasteiger partial charge on any atom is -0.406 e. The molecule has 0 saturated heterocycles. The maximum absolute atomic E-state index is 5.82. The van der Waals surface area contributed by atoms with Gasteiger partial charge in [-0.05, 0) is 49.1 Å². The van der Waals surface area contributed by atoms with Crippen LogP contribution in [-0.2, 0) is 4.43 Å². The second-order valence-electron chi connectivity index (χ2n) is 5.43. The van der Waals surface area contributed by atoms with Gasteiger partial charge in [0.1, 0.15) is 8.07 Å². The Hall–Kier alpha value is -0.746. The van der Waals surface area contributed by atoms with Crippen LogP contribution in [0.1, 0.15) is 20.8 Å². The highest BCUT2D eigenvalue weighted by atomic mass is 28.4. The SMILES string of the molecule is C=CC[Si](C)(C)OCC#CC#C[Si](CC)(CC)CC. The molecular formula is C16H28OSi2. The molecule has 0 saturated carbocycles. The van der Waals surface area contributed by atoms with E-state index in [0.29, 0.717) is 6.61 Å². The monoisotopic (exact) mass is 292 g/mol. The average Bonchev–Trinajstić information content (AvgIpc) is 2.39. The summed E-state index contributed by atoms with van der Waals surface area (Å²) in [5.41, 5.74) is 3.46. The predicted molar refractivity (Wildman–Crippen MR) is 91.2 cm³/mol. The zero-order valence-electron chi connectivity index (χ0n) is 13.2. The van der Waals surface area contributed by atoms with Crippen LogP contribution >= 0.6 is 0 Å². The smallest absolute Gasteiger partial charge is 0.191 e. The molecule has 0 aromatic rings. The minimum absolute atomic E-state index is 0.501. The zero-order chi connectivity index (χ0) is 14.8. The lowest BCUT2D eigenvalue weighted by molar-refractivity contribution is 0.362. The molecule has 0 atom stereocenters. The average molecular weight is 293 g/mol. The van der Waals surface area contributed by atoms with Crippen molar-refractivity contribution in [3.05, 3.63) is 12.7 Å². The minimum atomic E-state index is -1.58. The quantitative estimate of drug-likeness (QED) is 0.383. The molecule has 0 amide bonds. The van der Waals surface area contributed by atoms with Gasteiger partial charge in [-0.15, -0.1) is 12.1 Å². The van der Waals surface area contributed by atoms with E-state index in [9.17, 15) is 0 Å². The van der Waals surface area contributed by atoms with Crippen LogP contribution in [0.15, 0.2) is 12.7 Å². The van der Waals surface area contributed by atoms with Gasteiger partial charge in [0.25, 0.3) is 0 Å². The summed E-state index contributed by atoms with van der Waals surface area (Å²) in [7, 11) is -2.92. The van der Waals surface area contributed by atoms with E-state index < -0.39 is 16.4 Å². The van der Waals surface area contributed by atoms with Crippen LogP contribution in [-0.4, -0.2) is 23.0 Å². The third-order valence-corrected chi connectivity index (χ3v) is 10.6. The summed E-state index contributed by atoms with van der Waals surface area (Å²) in [6, 6.07) is 4.65. The Labute approximate surface area is 122 Å². The Morgan fingerprint density at radius 3 is 2.11 bits per heavy atom. The maximum atomic E-state index is 5.82. The second kappa shape index (κ2) is 9.20. The van der Waals surface area contributed by atoms with Crippen LogP contribution in [0, 0.1) is 23.3 Å². The van der Waals surface area contributed by atoms with E-state index >= 15 is 0 Å². The molecule has 19 heavy (non-hydrogen) atoms. The summed E-state index contributed by atoms with van der Waals surface area (Å²) in [6.07, 6.45) is 1.93. The lowest BCUT2D eigenvalue weighted by atomic mass is 10.6.